The summed E-state index contributed by atoms with van der Waals surface area (Å²) in [6, 6.07) is 0.675. The second kappa shape index (κ2) is 4.64. The third-order valence-corrected chi connectivity index (χ3v) is 3.88. The number of carbonyl (C=O) groups is 2. The van der Waals surface area contributed by atoms with Gasteiger partial charge in [0.25, 0.3) is 0 Å². The molecule has 4 unspecified atom stereocenters. The van der Waals surface area contributed by atoms with Gasteiger partial charge in [0.2, 0.25) is 5.91 Å². The molecule has 0 aromatic rings. The summed E-state index contributed by atoms with van der Waals surface area (Å²) in [5.41, 5.74) is 2.90. The van der Waals surface area contributed by atoms with Crippen molar-refractivity contribution in [3.63, 3.8) is 0 Å². The predicted molar refractivity (Wildman–Crippen MR) is 62.0 cm³/mol. The third-order valence-electron chi connectivity index (χ3n) is 3.88. The fraction of sp³-hybridized carbons (Fsp3) is 0.833. The van der Waals surface area contributed by atoms with E-state index in [1.54, 1.807) is 0 Å². The number of nitrogens with zero attached hydrogens (tertiary/aromatic N) is 1. The molecule has 2 N–H and O–H groups in total. The van der Waals surface area contributed by atoms with Gasteiger partial charge in [-0.1, -0.05) is 6.42 Å². The lowest BCUT2D eigenvalue weighted by Gasteiger charge is -2.38. The third kappa shape index (κ3) is 2.60. The Labute approximate surface area is 101 Å². The lowest BCUT2D eigenvalue weighted by molar-refractivity contribution is -0.141. The van der Waals surface area contributed by atoms with Crippen molar-refractivity contribution >= 4 is 11.9 Å². The zero-order chi connectivity index (χ0) is 12.6. The van der Waals surface area contributed by atoms with E-state index in [1.807, 2.05) is 5.01 Å². The average Bonchev–Trinajstić information content (AvgIpc) is 3.03. The second-order valence-corrected chi connectivity index (χ2v) is 5.30. The Bertz CT molecular complexity index is 322. The highest BCUT2D eigenvalue weighted by Gasteiger charge is 2.49. The Balaban J connectivity index is 1.88. The van der Waals surface area contributed by atoms with Gasteiger partial charge in [0.05, 0.1) is 11.8 Å². The van der Waals surface area contributed by atoms with E-state index in [-0.39, 0.29) is 11.8 Å². The average molecular weight is 240 g/mol. The number of nitrogens with one attached hydrogen (secondary N) is 1. The molecule has 5 nitrogen and oxygen atoms in total. The maximum absolute atomic E-state index is 11.9. The van der Waals surface area contributed by atoms with Crippen molar-refractivity contribution in [1.29, 1.82) is 0 Å². The van der Waals surface area contributed by atoms with Crippen molar-refractivity contribution in [1.82, 2.24) is 10.4 Å². The Morgan fingerprint density at radius 2 is 1.76 bits per heavy atom. The molecule has 2 rings (SSSR count). The Kier molecular flexibility index (Phi) is 3.38. The van der Waals surface area contributed by atoms with Crippen LogP contribution in [0.25, 0.3) is 0 Å². The van der Waals surface area contributed by atoms with Crippen LogP contribution in [0.1, 0.15) is 39.5 Å². The molecule has 1 amide bonds. The van der Waals surface area contributed by atoms with Crippen LogP contribution < -0.4 is 5.43 Å². The summed E-state index contributed by atoms with van der Waals surface area (Å²) in [6.45, 7) is 4.19. The van der Waals surface area contributed by atoms with Gasteiger partial charge >= 0.3 is 5.97 Å². The molecule has 0 aromatic heterocycles. The number of aliphatic carboxylic acids is 1. The van der Waals surface area contributed by atoms with Crippen LogP contribution in [0.4, 0.5) is 0 Å². The van der Waals surface area contributed by atoms with Crippen LogP contribution in [0.5, 0.6) is 0 Å². The molecular weight excluding hydrogens is 220 g/mol. The van der Waals surface area contributed by atoms with Crippen LogP contribution in [-0.4, -0.2) is 34.1 Å². The first-order valence-corrected chi connectivity index (χ1v) is 6.32. The molecule has 96 valence electrons. The minimum atomic E-state index is -0.857. The summed E-state index contributed by atoms with van der Waals surface area (Å²) in [7, 11) is 0. The summed E-state index contributed by atoms with van der Waals surface area (Å²) in [5, 5.41) is 10.8. The van der Waals surface area contributed by atoms with Gasteiger partial charge in [-0.25, -0.2) is 5.01 Å². The number of amides is 1. The fourth-order valence-electron chi connectivity index (χ4n) is 2.61. The number of hydrogen-bond donors (Lipinski definition) is 2. The lowest BCUT2D eigenvalue weighted by Crippen LogP contribution is -2.54. The molecule has 5 heteroatoms. The molecular formula is C12H20N2O3. The monoisotopic (exact) mass is 240 g/mol. The van der Waals surface area contributed by atoms with Gasteiger partial charge in [0.15, 0.2) is 0 Å². The van der Waals surface area contributed by atoms with Crippen molar-refractivity contribution in [2.45, 2.75) is 51.6 Å². The van der Waals surface area contributed by atoms with Gasteiger partial charge in [-0.3, -0.25) is 15.0 Å². The van der Waals surface area contributed by atoms with Crippen LogP contribution in [0.15, 0.2) is 0 Å². The van der Waals surface area contributed by atoms with E-state index >= 15 is 0 Å². The minimum Gasteiger partial charge on any atom is -0.481 e. The standard InChI is InChI=1S/C12H20N2O3/c1-7-4-3-5-8(2)14(7)13-11(15)9-6-10(9)12(16)17/h7-10H,3-6H2,1-2H3,(H,13,15)(H,16,17). The van der Waals surface area contributed by atoms with Crippen LogP contribution in [0, 0.1) is 11.8 Å². The van der Waals surface area contributed by atoms with Crippen LogP contribution in [-0.2, 0) is 9.59 Å². The van der Waals surface area contributed by atoms with Gasteiger partial charge in [-0.15, -0.1) is 0 Å². The summed E-state index contributed by atoms with van der Waals surface area (Å²) in [6.07, 6.45) is 3.84. The highest BCUT2D eigenvalue weighted by atomic mass is 16.4. The van der Waals surface area contributed by atoms with Crippen molar-refractivity contribution in [3.05, 3.63) is 0 Å². The largest absolute Gasteiger partial charge is 0.481 e. The molecule has 2 aliphatic rings. The summed E-state index contributed by atoms with van der Waals surface area (Å²) < 4.78 is 0. The van der Waals surface area contributed by atoms with E-state index in [2.05, 4.69) is 19.3 Å². The number of carboxylic acids is 1. The van der Waals surface area contributed by atoms with E-state index in [4.69, 9.17) is 5.11 Å². The molecule has 1 saturated heterocycles. The van der Waals surface area contributed by atoms with Crippen LogP contribution in [0.3, 0.4) is 0 Å². The van der Waals surface area contributed by atoms with Crippen molar-refractivity contribution in [2.24, 2.45) is 11.8 Å². The molecule has 0 aromatic carbocycles. The first-order valence-electron chi connectivity index (χ1n) is 6.32. The summed E-state index contributed by atoms with van der Waals surface area (Å²) in [4.78, 5) is 22.6. The highest BCUT2D eigenvalue weighted by molar-refractivity contribution is 5.89. The molecule has 1 heterocycles. The van der Waals surface area contributed by atoms with Crippen LogP contribution in [0.2, 0.25) is 0 Å². The van der Waals surface area contributed by atoms with Crippen molar-refractivity contribution < 1.29 is 14.7 Å². The van der Waals surface area contributed by atoms with E-state index < -0.39 is 11.9 Å². The van der Waals surface area contributed by atoms with E-state index in [1.165, 1.54) is 6.42 Å². The van der Waals surface area contributed by atoms with Crippen molar-refractivity contribution in [2.75, 3.05) is 0 Å². The number of hydrogen-bond acceptors (Lipinski definition) is 3. The first kappa shape index (κ1) is 12.4. The molecule has 2 fully saturated rings. The quantitative estimate of drug-likeness (QED) is 0.772. The SMILES string of the molecule is CC1CCCC(C)N1NC(=O)C1CC1C(=O)O. The molecule has 0 radical (unpaired) electrons. The maximum Gasteiger partial charge on any atom is 0.307 e. The highest BCUT2D eigenvalue weighted by Crippen LogP contribution is 2.39. The fourth-order valence-corrected chi connectivity index (χ4v) is 2.61. The van der Waals surface area contributed by atoms with Gasteiger partial charge < -0.3 is 5.11 Å². The Hall–Kier alpha value is -1.10. The topological polar surface area (TPSA) is 69.6 Å². The summed E-state index contributed by atoms with van der Waals surface area (Å²) >= 11 is 0. The zero-order valence-corrected chi connectivity index (χ0v) is 10.3. The summed E-state index contributed by atoms with van der Waals surface area (Å²) in [5.74, 6) is -1.78. The lowest BCUT2D eigenvalue weighted by atomic mass is 10.00. The maximum atomic E-state index is 11.9. The Morgan fingerprint density at radius 1 is 1.18 bits per heavy atom. The number of hydrazine groups is 1. The molecule has 4 atom stereocenters. The molecule has 1 saturated carbocycles. The molecule has 1 aliphatic heterocycles. The van der Waals surface area contributed by atoms with E-state index in [9.17, 15) is 9.59 Å². The first-order chi connectivity index (χ1) is 8.00. The number of piperidine rings is 1. The number of carboxylic acid groups (broad SMARTS) is 1. The molecule has 0 spiro atoms. The number of carbonyl (C=O) groups excluding carboxylic acids is 1. The zero-order valence-electron chi connectivity index (χ0n) is 10.3. The Morgan fingerprint density at radius 3 is 2.24 bits per heavy atom. The van der Waals surface area contributed by atoms with Gasteiger partial charge in [-0.2, -0.15) is 0 Å². The van der Waals surface area contributed by atoms with Gasteiger partial charge in [0, 0.05) is 12.1 Å². The minimum absolute atomic E-state index is 0.127. The van der Waals surface area contributed by atoms with Gasteiger partial charge in [0.1, 0.15) is 0 Å². The second-order valence-electron chi connectivity index (χ2n) is 5.30. The smallest absolute Gasteiger partial charge is 0.307 e. The van der Waals surface area contributed by atoms with E-state index in [0.29, 0.717) is 18.5 Å². The molecule has 17 heavy (non-hydrogen) atoms. The van der Waals surface area contributed by atoms with Crippen LogP contribution >= 0.6 is 0 Å². The number of rotatable bonds is 3. The van der Waals surface area contributed by atoms with E-state index in [0.717, 1.165) is 12.8 Å². The molecule has 1 aliphatic carbocycles. The molecule has 0 bridgehead atoms. The predicted octanol–water partition coefficient (Wildman–Crippen LogP) is 1.00. The van der Waals surface area contributed by atoms with Gasteiger partial charge in [-0.05, 0) is 33.1 Å². The normalized spacial score (nSPS) is 37.5. The van der Waals surface area contributed by atoms with Crippen molar-refractivity contribution in [3.8, 4) is 0 Å².